The van der Waals surface area contributed by atoms with Gasteiger partial charge in [-0.1, -0.05) is 37.3 Å². The van der Waals surface area contributed by atoms with Crippen LogP contribution >= 0.6 is 0 Å². The Morgan fingerprint density at radius 2 is 2.11 bits per heavy atom. The highest BCUT2D eigenvalue weighted by Gasteiger charge is 2.23. The number of amides is 2. The van der Waals surface area contributed by atoms with Crippen molar-refractivity contribution in [3.63, 3.8) is 0 Å². The Kier molecular flexibility index (Phi) is 4.83. The molecule has 0 saturated carbocycles. The van der Waals surface area contributed by atoms with Gasteiger partial charge in [0.25, 0.3) is 0 Å². The molecule has 3 heteroatoms. The molecule has 1 aliphatic rings. The van der Waals surface area contributed by atoms with Crippen molar-refractivity contribution in [3.8, 4) is 0 Å². The number of nitrogens with zero attached hydrogens (tertiary/aromatic N) is 2. The van der Waals surface area contributed by atoms with Gasteiger partial charge in [0.1, 0.15) is 0 Å². The topological polar surface area (TPSA) is 23.6 Å². The van der Waals surface area contributed by atoms with E-state index in [1.807, 2.05) is 35.0 Å². The van der Waals surface area contributed by atoms with Crippen molar-refractivity contribution in [3.05, 3.63) is 35.9 Å². The second-order valence-corrected chi connectivity index (χ2v) is 5.63. The predicted octanol–water partition coefficient (Wildman–Crippen LogP) is 3.01. The Balaban J connectivity index is 1.82. The third-order valence-corrected chi connectivity index (χ3v) is 3.83. The summed E-state index contributed by atoms with van der Waals surface area (Å²) in [5.41, 5.74) is 1.29. The van der Waals surface area contributed by atoms with Gasteiger partial charge in [0.05, 0.1) is 0 Å². The lowest BCUT2D eigenvalue weighted by atomic mass is 10.0. The van der Waals surface area contributed by atoms with Crippen LogP contribution in [0.4, 0.5) is 4.79 Å². The van der Waals surface area contributed by atoms with Gasteiger partial charge in [-0.05, 0) is 30.7 Å². The molecule has 19 heavy (non-hydrogen) atoms. The third kappa shape index (κ3) is 3.98. The SMILES string of the molecule is CC1CCCN(C(=O)N(C)CCc2ccccc2)C1. The summed E-state index contributed by atoms with van der Waals surface area (Å²) in [6.45, 7) is 4.84. The van der Waals surface area contributed by atoms with Crippen molar-refractivity contribution in [2.75, 3.05) is 26.7 Å². The van der Waals surface area contributed by atoms with Gasteiger partial charge in [-0.25, -0.2) is 4.79 Å². The molecule has 3 nitrogen and oxygen atoms in total. The van der Waals surface area contributed by atoms with E-state index in [0.29, 0.717) is 5.92 Å². The molecule has 1 saturated heterocycles. The van der Waals surface area contributed by atoms with E-state index in [9.17, 15) is 4.79 Å². The van der Waals surface area contributed by atoms with Gasteiger partial charge in [0.2, 0.25) is 0 Å². The number of likely N-dealkylation sites (N-methyl/N-ethyl adjacent to an activating group) is 1. The predicted molar refractivity (Wildman–Crippen MR) is 78.1 cm³/mol. The number of carbonyl (C=O) groups excluding carboxylic acids is 1. The largest absolute Gasteiger partial charge is 0.327 e. The van der Waals surface area contributed by atoms with Crippen molar-refractivity contribution in [2.45, 2.75) is 26.2 Å². The smallest absolute Gasteiger partial charge is 0.319 e. The molecule has 1 atom stereocenters. The highest BCUT2D eigenvalue weighted by molar-refractivity contribution is 5.74. The maximum Gasteiger partial charge on any atom is 0.319 e. The van der Waals surface area contributed by atoms with E-state index in [0.717, 1.165) is 32.5 Å². The van der Waals surface area contributed by atoms with Crippen LogP contribution in [0.5, 0.6) is 0 Å². The molecule has 2 rings (SSSR count). The van der Waals surface area contributed by atoms with Crippen molar-refractivity contribution >= 4 is 6.03 Å². The second kappa shape index (κ2) is 6.60. The van der Waals surface area contributed by atoms with Crippen LogP contribution in [0.2, 0.25) is 0 Å². The first-order valence-corrected chi connectivity index (χ1v) is 7.21. The van der Waals surface area contributed by atoms with Crippen molar-refractivity contribution in [1.82, 2.24) is 9.80 Å². The number of hydrogen-bond acceptors (Lipinski definition) is 1. The molecule has 0 radical (unpaired) electrons. The average Bonchev–Trinajstić information content (AvgIpc) is 2.45. The molecule has 1 aromatic carbocycles. The molecule has 1 fully saturated rings. The lowest BCUT2D eigenvalue weighted by molar-refractivity contribution is 0.140. The summed E-state index contributed by atoms with van der Waals surface area (Å²) >= 11 is 0. The van der Waals surface area contributed by atoms with Gasteiger partial charge < -0.3 is 9.80 Å². The lowest BCUT2D eigenvalue weighted by Crippen LogP contribution is -2.46. The number of urea groups is 1. The van der Waals surface area contributed by atoms with E-state index in [4.69, 9.17) is 0 Å². The van der Waals surface area contributed by atoms with Crippen molar-refractivity contribution < 1.29 is 4.79 Å². The Labute approximate surface area is 116 Å². The van der Waals surface area contributed by atoms with Gasteiger partial charge in [-0.15, -0.1) is 0 Å². The summed E-state index contributed by atoms with van der Waals surface area (Å²) in [6, 6.07) is 10.5. The number of piperidine rings is 1. The summed E-state index contributed by atoms with van der Waals surface area (Å²) in [4.78, 5) is 16.2. The maximum absolute atomic E-state index is 12.3. The number of rotatable bonds is 3. The molecule has 2 amide bonds. The van der Waals surface area contributed by atoms with E-state index >= 15 is 0 Å². The molecule has 1 heterocycles. The van der Waals surface area contributed by atoms with Crippen LogP contribution < -0.4 is 0 Å². The molecule has 0 aliphatic carbocycles. The molecule has 1 aromatic rings. The summed E-state index contributed by atoms with van der Waals surface area (Å²) < 4.78 is 0. The van der Waals surface area contributed by atoms with Crippen molar-refractivity contribution in [2.24, 2.45) is 5.92 Å². The fourth-order valence-corrected chi connectivity index (χ4v) is 2.64. The maximum atomic E-state index is 12.3. The van der Waals surface area contributed by atoms with Crippen LogP contribution in [0, 0.1) is 5.92 Å². The Hall–Kier alpha value is -1.51. The Morgan fingerprint density at radius 3 is 2.79 bits per heavy atom. The van der Waals surface area contributed by atoms with Crippen molar-refractivity contribution in [1.29, 1.82) is 0 Å². The second-order valence-electron chi connectivity index (χ2n) is 5.63. The zero-order chi connectivity index (χ0) is 13.7. The quantitative estimate of drug-likeness (QED) is 0.819. The first kappa shape index (κ1) is 13.9. The first-order valence-electron chi connectivity index (χ1n) is 7.21. The molecule has 104 valence electrons. The minimum atomic E-state index is 0.183. The van der Waals surface area contributed by atoms with Gasteiger partial charge in [0, 0.05) is 26.7 Å². The Morgan fingerprint density at radius 1 is 1.37 bits per heavy atom. The monoisotopic (exact) mass is 260 g/mol. The zero-order valence-corrected chi connectivity index (χ0v) is 12.0. The summed E-state index contributed by atoms with van der Waals surface area (Å²) in [6.07, 6.45) is 3.31. The number of carbonyl (C=O) groups is 1. The van der Waals surface area contributed by atoms with E-state index < -0.39 is 0 Å². The average molecular weight is 260 g/mol. The molecule has 1 unspecified atom stereocenters. The minimum Gasteiger partial charge on any atom is -0.327 e. The van der Waals surface area contributed by atoms with Gasteiger partial charge >= 0.3 is 6.03 Å². The van der Waals surface area contributed by atoms with E-state index in [2.05, 4.69) is 19.1 Å². The molecule has 0 spiro atoms. The van der Waals surface area contributed by atoms with E-state index in [1.165, 1.54) is 12.0 Å². The number of benzene rings is 1. The standard InChI is InChI=1S/C16H24N2O/c1-14-7-6-11-18(13-14)16(19)17(2)12-10-15-8-4-3-5-9-15/h3-5,8-9,14H,6-7,10-13H2,1-2H3. The zero-order valence-electron chi connectivity index (χ0n) is 12.0. The van der Waals surface area contributed by atoms with Crippen LogP contribution in [0.25, 0.3) is 0 Å². The molecule has 0 bridgehead atoms. The fraction of sp³-hybridized carbons (Fsp3) is 0.562. The fourth-order valence-electron chi connectivity index (χ4n) is 2.64. The normalized spacial score (nSPS) is 19.3. The van der Waals surface area contributed by atoms with Gasteiger partial charge in [-0.2, -0.15) is 0 Å². The van der Waals surface area contributed by atoms with Crippen LogP contribution in [0.3, 0.4) is 0 Å². The molecule has 1 aliphatic heterocycles. The van der Waals surface area contributed by atoms with Gasteiger partial charge in [0.15, 0.2) is 0 Å². The summed E-state index contributed by atoms with van der Waals surface area (Å²) in [5, 5.41) is 0. The molecule has 0 N–H and O–H groups in total. The van der Waals surface area contributed by atoms with Crippen LogP contribution in [-0.2, 0) is 6.42 Å². The third-order valence-electron chi connectivity index (χ3n) is 3.83. The minimum absolute atomic E-state index is 0.183. The van der Waals surface area contributed by atoms with Crippen LogP contribution in [-0.4, -0.2) is 42.5 Å². The van der Waals surface area contributed by atoms with Gasteiger partial charge in [-0.3, -0.25) is 0 Å². The van der Waals surface area contributed by atoms with Crippen LogP contribution in [0.15, 0.2) is 30.3 Å². The highest BCUT2D eigenvalue weighted by atomic mass is 16.2. The molecular weight excluding hydrogens is 236 g/mol. The molecule has 0 aromatic heterocycles. The van der Waals surface area contributed by atoms with E-state index in [-0.39, 0.29) is 6.03 Å². The van der Waals surface area contributed by atoms with E-state index in [1.54, 1.807) is 0 Å². The molecular formula is C16H24N2O. The van der Waals surface area contributed by atoms with Crippen LogP contribution in [0.1, 0.15) is 25.3 Å². The highest BCUT2D eigenvalue weighted by Crippen LogP contribution is 2.16. The first-order chi connectivity index (χ1) is 9.16. The number of likely N-dealkylation sites (tertiary alicyclic amines) is 1. The summed E-state index contributed by atoms with van der Waals surface area (Å²) in [7, 11) is 1.91. The Bertz CT molecular complexity index is 404. The number of hydrogen-bond donors (Lipinski definition) is 0. The summed E-state index contributed by atoms with van der Waals surface area (Å²) in [5.74, 6) is 0.639. The lowest BCUT2D eigenvalue weighted by Gasteiger charge is -2.34.